The fourth-order valence-corrected chi connectivity index (χ4v) is 2.06. The number of hydrogen-bond donors (Lipinski definition) is 4. The lowest BCUT2D eigenvalue weighted by molar-refractivity contribution is 0.0357. The molecule has 1 fully saturated rings. The number of hydrogen-bond acceptors (Lipinski definition) is 7. The number of hydrazine groups is 1. The predicted octanol–water partition coefficient (Wildman–Crippen LogP) is 1.15. The van der Waals surface area contributed by atoms with Crippen molar-refractivity contribution in [1.82, 2.24) is 9.97 Å². The number of ether oxygens (including phenoxy) is 1. The van der Waals surface area contributed by atoms with Gasteiger partial charge in [-0.2, -0.15) is 0 Å². The SMILES string of the molecule is COCCC(C)(O)CNc1nc(C2CC2)nc(NN)c1C. The van der Waals surface area contributed by atoms with Crippen molar-refractivity contribution >= 4 is 11.6 Å². The largest absolute Gasteiger partial charge is 0.388 e. The summed E-state index contributed by atoms with van der Waals surface area (Å²) in [5.41, 5.74) is 2.61. The highest BCUT2D eigenvalue weighted by Gasteiger charge is 2.28. The van der Waals surface area contributed by atoms with Crippen LogP contribution in [0.15, 0.2) is 0 Å². The maximum absolute atomic E-state index is 10.3. The van der Waals surface area contributed by atoms with E-state index < -0.39 is 5.60 Å². The third kappa shape index (κ3) is 4.26. The first-order valence-electron chi connectivity index (χ1n) is 7.27. The Kier molecular flexibility index (Phi) is 4.97. The van der Waals surface area contributed by atoms with E-state index in [-0.39, 0.29) is 0 Å². The number of aliphatic hydroxyl groups is 1. The number of aromatic nitrogens is 2. The van der Waals surface area contributed by atoms with Gasteiger partial charge in [0.2, 0.25) is 0 Å². The van der Waals surface area contributed by atoms with E-state index in [1.54, 1.807) is 14.0 Å². The number of rotatable bonds is 8. The van der Waals surface area contributed by atoms with Crippen molar-refractivity contribution in [3.8, 4) is 0 Å². The molecule has 2 rings (SSSR count). The van der Waals surface area contributed by atoms with Crippen LogP contribution in [-0.2, 0) is 4.74 Å². The summed E-state index contributed by atoms with van der Waals surface area (Å²) in [6, 6.07) is 0. The molecule has 1 saturated carbocycles. The molecule has 1 heterocycles. The Bertz CT molecular complexity index is 488. The van der Waals surface area contributed by atoms with Crippen LogP contribution in [0, 0.1) is 6.92 Å². The van der Waals surface area contributed by atoms with Crippen molar-refractivity contribution in [2.24, 2.45) is 5.84 Å². The van der Waals surface area contributed by atoms with Gasteiger partial charge in [0.15, 0.2) is 0 Å². The van der Waals surface area contributed by atoms with Crippen LogP contribution >= 0.6 is 0 Å². The van der Waals surface area contributed by atoms with Crippen LogP contribution in [0.4, 0.5) is 11.6 Å². The van der Waals surface area contributed by atoms with Crippen molar-refractivity contribution in [2.45, 2.75) is 44.6 Å². The Hall–Kier alpha value is -1.44. The first-order chi connectivity index (χ1) is 9.96. The lowest BCUT2D eigenvalue weighted by Gasteiger charge is -2.24. The van der Waals surface area contributed by atoms with E-state index in [0.717, 1.165) is 30.0 Å². The number of nitrogens with one attached hydrogen (secondary N) is 2. The Labute approximate surface area is 125 Å². The topological polar surface area (TPSA) is 105 Å². The summed E-state index contributed by atoms with van der Waals surface area (Å²) < 4.78 is 5.01. The van der Waals surface area contributed by atoms with Crippen LogP contribution in [0.5, 0.6) is 0 Å². The molecule has 1 aromatic rings. The van der Waals surface area contributed by atoms with Gasteiger partial charge in [-0.15, -0.1) is 0 Å². The van der Waals surface area contributed by atoms with E-state index in [1.807, 2.05) is 6.92 Å². The highest BCUT2D eigenvalue weighted by molar-refractivity contribution is 5.57. The van der Waals surface area contributed by atoms with Crippen LogP contribution < -0.4 is 16.6 Å². The standard InChI is InChI=1S/C14H25N5O2/c1-9-11(16-8-14(2,20)6-7-21-3)17-13(10-4-5-10)18-12(9)19-15/h10,20H,4-8,15H2,1-3H3,(H2,16,17,18,19). The molecule has 1 unspecified atom stereocenters. The minimum absolute atomic E-state index is 0.391. The molecule has 118 valence electrons. The zero-order valence-corrected chi connectivity index (χ0v) is 12.9. The van der Waals surface area contributed by atoms with Crippen molar-refractivity contribution in [3.05, 3.63) is 11.4 Å². The highest BCUT2D eigenvalue weighted by Crippen LogP contribution is 2.39. The molecule has 0 amide bonds. The van der Waals surface area contributed by atoms with E-state index >= 15 is 0 Å². The molecule has 1 atom stereocenters. The molecule has 0 saturated heterocycles. The summed E-state index contributed by atoms with van der Waals surface area (Å²) >= 11 is 0. The first kappa shape index (κ1) is 15.9. The van der Waals surface area contributed by atoms with Gasteiger partial charge in [0, 0.05) is 38.2 Å². The van der Waals surface area contributed by atoms with Gasteiger partial charge in [0.1, 0.15) is 17.5 Å². The fraction of sp³-hybridized carbons (Fsp3) is 0.714. The van der Waals surface area contributed by atoms with Crippen LogP contribution in [0.1, 0.15) is 43.5 Å². The molecule has 0 spiro atoms. The van der Waals surface area contributed by atoms with Crippen molar-refractivity contribution in [1.29, 1.82) is 0 Å². The average molecular weight is 295 g/mol. The minimum atomic E-state index is -0.858. The van der Waals surface area contributed by atoms with Crippen molar-refractivity contribution in [3.63, 3.8) is 0 Å². The first-order valence-corrected chi connectivity index (χ1v) is 7.27. The Balaban J connectivity index is 2.09. The van der Waals surface area contributed by atoms with E-state index in [4.69, 9.17) is 10.6 Å². The summed E-state index contributed by atoms with van der Waals surface area (Å²) in [6.07, 6.45) is 2.80. The zero-order valence-electron chi connectivity index (χ0n) is 12.9. The zero-order chi connectivity index (χ0) is 15.5. The van der Waals surface area contributed by atoms with Gasteiger partial charge >= 0.3 is 0 Å². The molecule has 7 heteroatoms. The number of nitrogen functional groups attached to an aromatic ring is 1. The Morgan fingerprint density at radius 3 is 2.62 bits per heavy atom. The molecule has 1 aliphatic carbocycles. The van der Waals surface area contributed by atoms with Gasteiger partial charge in [-0.3, -0.25) is 0 Å². The van der Waals surface area contributed by atoms with Crippen molar-refractivity contribution in [2.75, 3.05) is 31.0 Å². The maximum atomic E-state index is 10.3. The molecular formula is C14H25N5O2. The lowest BCUT2D eigenvalue weighted by Crippen LogP contribution is -2.35. The Morgan fingerprint density at radius 1 is 1.38 bits per heavy atom. The van der Waals surface area contributed by atoms with Crippen LogP contribution in [-0.4, -0.2) is 40.9 Å². The third-order valence-electron chi connectivity index (χ3n) is 3.72. The van der Waals surface area contributed by atoms with Crippen LogP contribution in [0.2, 0.25) is 0 Å². The number of nitrogens with two attached hydrogens (primary N) is 1. The molecule has 1 aromatic heterocycles. The van der Waals surface area contributed by atoms with Crippen molar-refractivity contribution < 1.29 is 9.84 Å². The molecule has 21 heavy (non-hydrogen) atoms. The van der Waals surface area contributed by atoms with Gasteiger partial charge in [-0.25, -0.2) is 15.8 Å². The van der Waals surface area contributed by atoms with E-state index in [2.05, 4.69) is 20.7 Å². The second-order valence-corrected chi connectivity index (χ2v) is 5.92. The summed E-state index contributed by atoms with van der Waals surface area (Å²) in [5.74, 6) is 8.12. The number of methoxy groups -OCH3 is 1. The van der Waals surface area contributed by atoms with E-state index in [0.29, 0.717) is 31.3 Å². The summed E-state index contributed by atoms with van der Waals surface area (Å²) in [6.45, 7) is 4.58. The monoisotopic (exact) mass is 295 g/mol. The molecule has 0 bridgehead atoms. The van der Waals surface area contributed by atoms with Gasteiger partial charge in [-0.05, 0) is 26.7 Å². The van der Waals surface area contributed by atoms with Crippen LogP contribution in [0.3, 0.4) is 0 Å². The van der Waals surface area contributed by atoms with Gasteiger partial charge < -0.3 is 20.6 Å². The Morgan fingerprint density at radius 2 is 2.05 bits per heavy atom. The van der Waals surface area contributed by atoms with E-state index in [1.165, 1.54) is 0 Å². The normalized spacial score (nSPS) is 17.4. The molecule has 7 nitrogen and oxygen atoms in total. The second kappa shape index (κ2) is 6.55. The molecule has 0 radical (unpaired) electrons. The predicted molar refractivity (Wildman–Crippen MR) is 82.2 cm³/mol. The molecular weight excluding hydrogens is 270 g/mol. The summed E-state index contributed by atoms with van der Waals surface area (Å²) in [7, 11) is 1.62. The number of nitrogens with zero attached hydrogens (tertiary/aromatic N) is 2. The molecule has 0 aromatic carbocycles. The summed E-state index contributed by atoms with van der Waals surface area (Å²) in [4.78, 5) is 9.00. The molecule has 0 aliphatic heterocycles. The average Bonchev–Trinajstić information content (AvgIpc) is 3.29. The summed E-state index contributed by atoms with van der Waals surface area (Å²) in [5, 5.41) is 13.5. The van der Waals surface area contributed by atoms with Gasteiger partial charge in [-0.1, -0.05) is 0 Å². The lowest BCUT2D eigenvalue weighted by atomic mass is 10.0. The fourth-order valence-electron chi connectivity index (χ4n) is 2.06. The highest BCUT2D eigenvalue weighted by atomic mass is 16.5. The quantitative estimate of drug-likeness (QED) is 0.421. The maximum Gasteiger partial charge on any atom is 0.148 e. The van der Waals surface area contributed by atoms with Gasteiger partial charge in [0.25, 0.3) is 0 Å². The minimum Gasteiger partial charge on any atom is -0.388 e. The second-order valence-electron chi connectivity index (χ2n) is 5.92. The number of anilines is 2. The van der Waals surface area contributed by atoms with Gasteiger partial charge in [0.05, 0.1) is 5.60 Å². The van der Waals surface area contributed by atoms with E-state index in [9.17, 15) is 5.11 Å². The smallest absolute Gasteiger partial charge is 0.148 e. The third-order valence-corrected chi connectivity index (χ3v) is 3.72. The molecule has 1 aliphatic rings. The van der Waals surface area contributed by atoms with Crippen LogP contribution in [0.25, 0.3) is 0 Å². The molecule has 5 N–H and O–H groups in total.